The summed E-state index contributed by atoms with van der Waals surface area (Å²) in [4.78, 5) is 13.0. The smallest absolute Gasteiger partial charge is 0.249 e. The van der Waals surface area contributed by atoms with Gasteiger partial charge in [0, 0.05) is 0 Å². The lowest BCUT2D eigenvalue weighted by Gasteiger charge is -2.40. The average molecular weight is 944 g/mol. The Morgan fingerprint density at radius 1 is 0.470 bits per heavy atom. The molecule has 0 aromatic heterocycles. The van der Waals surface area contributed by atoms with E-state index in [1.165, 1.54) is 205 Å². The van der Waals surface area contributed by atoms with Crippen LogP contribution < -0.4 is 5.32 Å². The number of aliphatic hydroxyl groups excluding tert-OH is 7. The molecule has 0 radical (unpaired) electrons. The van der Waals surface area contributed by atoms with Gasteiger partial charge in [0.15, 0.2) is 6.29 Å². The lowest BCUT2D eigenvalue weighted by molar-refractivity contribution is -0.303. The number of hydrogen-bond donors (Lipinski definition) is 8. The fourth-order valence-corrected chi connectivity index (χ4v) is 9.50. The molecule has 8 N–H and O–H groups in total. The third kappa shape index (κ3) is 33.6. The fraction of sp³-hybridized carbons (Fsp3) is 0.982. The minimum Gasteiger partial charge on any atom is -0.394 e. The lowest BCUT2D eigenvalue weighted by Crippen LogP contribution is -2.60. The van der Waals surface area contributed by atoms with E-state index in [4.69, 9.17) is 9.47 Å². The maximum atomic E-state index is 13.0. The molecular weight excluding hydrogens is 835 g/mol. The molecule has 9 unspecified atom stereocenters. The molecule has 9 atom stereocenters. The molecule has 0 aromatic carbocycles. The molecule has 1 heterocycles. The Morgan fingerprint density at radius 2 is 0.788 bits per heavy atom. The highest BCUT2D eigenvalue weighted by molar-refractivity contribution is 5.80. The maximum absolute atomic E-state index is 13.0. The molecular formula is C55H109NO10. The third-order valence-electron chi connectivity index (χ3n) is 14.2. The molecule has 1 fully saturated rings. The first-order valence-electron chi connectivity index (χ1n) is 28.4. The van der Waals surface area contributed by atoms with Gasteiger partial charge in [-0.25, -0.2) is 0 Å². The van der Waals surface area contributed by atoms with Crippen molar-refractivity contribution < 1.29 is 50.0 Å². The van der Waals surface area contributed by atoms with E-state index in [9.17, 15) is 40.5 Å². The van der Waals surface area contributed by atoms with Crippen LogP contribution in [0, 0.1) is 0 Å². The first-order valence-corrected chi connectivity index (χ1v) is 28.4. The van der Waals surface area contributed by atoms with Gasteiger partial charge < -0.3 is 50.5 Å². The Kier molecular flexibility index (Phi) is 43.3. The van der Waals surface area contributed by atoms with E-state index in [1.54, 1.807) is 0 Å². The van der Waals surface area contributed by atoms with E-state index >= 15 is 0 Å². The van der Waals surface area contributed by atoms with Gasteiger partial charge in [0.25, 0.3) is 0 Å². The summed E-state index contributed by atoms with van der Waals surface area (Å²) >= 11 is 0. The lowest BCUT2D eigenvalue weighted by atomic mass is 9.98. The van der Waals surface area contributed by atoms with Crippen molar-refractivity contribution in [2.75, 3.05) is 13.2 Å². The Bertz CT molecular complexity index is 1040. The van der Waals surface area contributed by atoms with E-state index in [0.717, 1.165) is 32.1 Å². The van der Waals surface area contributed by atoms with Crippen LogP contribution in [0.15, 0.2) is 0 Å². The third-order valence-corrected chi connectivity index (χ3v) is 14.2. The van der Waals surface area contributed by atoms with Gasteiger partial charge in [0.2, 0.25) is 5.91 Å². The van der Waals surface area contributed by atoms with Crippen molar-refractivity contribution >= 4 is 5.91 Å². The van der Waals surface area contributed by atoms with Crippen LogP contribution in [0.1, 0.15) is 277 Å². The first-order chi connectivity index (χ1) is 32.2. The molecule has 1 amide bonds. The van der Waals surface area contributed by atoms with Crippen LogP contribution in [-0.2, 0) is 14.3 Å². The molecule has 0 aliphatic carbocycles. The second kappa shape index (κ2) is 45.3. The number of ether oxygens (including phenoxy) is 2. The van der Waals surface area contributed by atoms with Gasteiger partial charge in [-0.05, 0) is 12.8 Å². The van der Waals surface area contributed by atoms with Crippen molar-refractivity contribution in [1.29, 1.82) is 0 Å². The Balaban J connectivity index is 1.97. The van der Waals surface area contributed by atoms with Gasteiger partial charge in [-0.1, -0.05) is 264 Å². The van der Waals surface area contributed by atoms with Crippen molar-refractivity contribution in [3.05, 3.63) is 0 Å². The van der Waals surface area contributed by atoms with Gasteiger partial charge in [-0.2, -0.15) is 0 Å². The molecule has 1 aliphatic heterocycles. The summed E-state index contributed by atoms with van der Waals surface area (Å²) in [6, 6.07) is -1.16. The predicted molar refractivity (Wildman–Crippen MR) is 270 cm³/mol. The largest absolute Gasteiger partial charge is 0.394 e. The molecule has 0 aromatic rings. The summed E-state index contributed by atoms with van der Waals surface area (Å²) in [5.41, 5.74) is 0. The van der Waals surface area contributed by atoms with Crippen LogP contribution >= 0.6 is 0 Å². The van der Waals surface area contributed by atoms with Crippen LogP contribution in [0.3, 0.4) is 0 Å². The molecule has 1 rings (SSSR count). The summed E-state index contributed by atoms with van der Waals surface area (Å²) < 4.78 is 11.0. The van der Waals surface area contributed by atoms with Crippen molar-refractivity contribution in [2.24, 2.45) is 0 Å². The second-order valence-corrected chi connectivity index (χ2v) is 20.4. The molecule has 1 saturated heterocycles. The Hall–Kier alpha value is -0.890. The number of hydrogen-bond acceptors (Lipinski definition) is 10. The van der Waals surface area contributed by atoms with Crippen LogP contribution in [0.25, 0.3) is 0 Å². The summed E-state index contributed by atoms with van der Waals surface area (Å²) in [6.07, 6.45) is 40.5. The first kappa shape index (κ1) is 63.1. The maximum Gasteiger partial charge on any atom is 0.249 e. The SMILES string of the molecule is CCCCCCCCCCCCCCCCCCCCCCCCCCCCCCCCCCCCCCC(O)C(=O)NC(COC1OC(CO)C(O)C(O)C1O)C(O)C(O)CCCCC. The monoisotopic (exact) mass is 944 g/mol. The van der Waals surface area contributed by atoms with E-state index in [2.05, 4.69) is 12.2 Å². The van der Waals surface area contributed by atoms with Crippen molar-refractivity contribution in [3.8, 4) is 0 Å². The van der Waals surface area contributed by atoms with Crippen LogP contribution in [0.5, 0.6) is 0 Å². The van der Waals surface area contributed by atoms with Gasteiger partial charge in [-0.3, -0.25) is 4.79 Å². The highest BCUT2D eigenvalue weighted by atomic mass is 16.7. The molecule has 11 heteroatoms. The van der Waals surface area contributed by atoms with Gasteiger partial charge in [-0.15, -0.1) is 0 Å². The number of unbranched alkanes of at least 4 members (excludes halogenated alkanes) is 37. The van der Waals surface area contributed by atoms with Crippen molar-refractivity contribution in [2.45, 2.75) is 332 Å². The number of rotatable bonds is 49. The summed E-state index contributed by atoms with van der Waals surface area (Å²) in [6.45, 7) is 3.27. The predicted octanol–water partition coefficient (Wildman–Crippen LogP) is 11.4. The van der Waals surface area contributed by atoms with Gasteiger partial charge >= 0.3 is 0 Å². The zero-order chi connectivity index (χ0) is 48.3. The standard InChI is InChI=1S/C55H109NO10/c1-3-5-7-8-9-10-11-12-13-14-15-16-17-18-19-20-21-22-23-24-25-26-27-28-29-30-31-32-33-34-35-36-37-38-39-41-43-48(59)54(64)56-46(50(60)47(58)42-40-6-4-2)45-65-55-53(63)52(62)51(61)49(44-57)66-55/h46-53,55,57-63H,3-45H2,1-2H3,(H,56,64). The van der Waals surface area contributed by atoms with Crippen LogP contribution in [0.4, 0.5) is 0 Å². The number of carbonyl (C=O) groups is 1. The quantitative estimate of drug-likeness (QED) is 0.0273. The fourth-order valence-electron chi connectivity index (χ4n) is 9.50. The van der Waals surface area contributed by atoms with E-state index in [1.807, 2.05) is 6.92 Å². The topological polar surface area (TPSA) is 189 Å². The van der Waals surface area contributed by atoms with Crippen molar-refractivity contribution in [1.82, 2.24) is 5.32 Å². The summed E-state index contributed by atoms with van der Waals surface area (Å²) in [5, 5.41) is 74.8. The second-order valence-electron chi connectivity index (χ2n) is 20.4. The average Bonchev–Trinajstić information content (AvgIpc) is 3.32. The van der Waals surface area contributed by atoms with Crippen LogP contribution in [0.2, 0.25) is 0 Å². The zero-order valence-corrected chi connectivity index (χ0v) is 43.0. The number of amides is 1. The van der Waals surface area contributed by atoms with Gasteiger partial charge in [0.1, 0.15) is 36.6 Å². The summed E-state index contributed by atoms with van der Waals surface area (Å²) in [7, 11) is 0. The van der Waals surface area contributed by atoms with E-state index in [-0.39, 0.29) is 6.42 Å². The summed E-state index contributed by atoms with van der Waals surface area (Å²) in [5.74, 6) is -0.700. The molecule has 0 spiro atoms. The van der Waals surface area contributed by atoms with E-state index < -0.39 is 74.2 Å². The number of nitrogens with one attached hydrogen (secondary N) is 1. The van der Waals surface area contributed by atoms with E-state index in [0.29, 0.717) is 19.3 Å². The minimum atomic E-state index is -1.65. The number of aliphatic hydroxyl groups is 7. The molecule has 0 bridgehead atoms. The molecule has 0 saturated carbocycles. The molecule has 1 aliphatic rings. The zero-order valence-electron chi connectivity index (χ0n) is 43.0. The highest BCUT2D eigenvalue weighted by Gasteiger charge is 2.44. The van der Waals surface area contributed by atoms with Gasteiger partial charge in [0.05, 0.1) is 25.4 Å². The Labute approximate surface area is 405 Å². The Morgan fingerprint density at radius 3 is 1.14 bits per heavy atom. The molecule has 11 nitrogen and oxygen atoms in total. The molecule has 66 heavy (non-hydrogen) atoms. The van der Waals surface area contributed by atoms with Crippen LogP contribution in [-0.4, -0.2) is 110 Å². The van der Waals surface area contributed by atoms with Crippen molar-refractivity contribution in [3.63, 3.8) is 0 Å². The molecule has 394 valence electrons. The normalized spacial score (nSPS) is 20.7. The minimum absolute atomic E-state index is 0.265. The number of carbonyl (C=O) groups excluding carboxylic acids is 1. The highest BCUT2D eigenvalue weighted by Crippen LogP contribution is 2.23.